The lowest BCUT2D eigenvalue weighted by Crippen LogP contribution is -2.49. The lowest BCUT2D eigenvalue weighted by molar-refractivity contribution is -0.274. The summed E-state index contributed by atoms with van der Waals surface area (Å²) >= 11 is 1.27. The van der Waals surface area contributed by atoms with E-state index in [1.807, 2.05) is 18.7 Å². The molecule has 8 nitrogen and oxygen atoms in total. The summed E-state index contributed by atoms with van der Waals surface area (Å²) in [6, 6.07) is 4.70. The number of rotatable bonds is 11. The van der Waals surface area contributed by atoms with E-state index in [2.05, 4.69) is 28.9 Å². The Hall–Kier alpha value is -2.86. The number of carbonyl (C=O) groups is 2. The molecule has 0 bridgehead atoms. The first-order chi connectivity index (χ1) is 17.4. The molecule has 2 amide bonds. The molecule has 0 saturated carbocycles. The van der Waals surface area contributed by atoms with Crippen LogP contribution in [0.3, 0.4) is 0 Å². The number of alkyl halides is 3. The molecule has 1 N–H and O–H groups in total. The smallest absolute Gasteiger partial charge is 0.484 e. The maximum absolute atomic E-state index is 13.4. The van der Waals surface area contributed by atoms with Crippen molar-refractivity contribution in [2.24, 2.45) is 5.92 Å². The summed E-state index contributed by atoms with van der Waals surface area (Å²) in [6.45, 7) is 8.51. The molecule has 0 spiro atoms. The van der Waals surface area contributed by atoms with Crippen molar-refractivity contribution in [2.75, 3.05) is 13.2 Å². The minimum absolute atomic E-state index is 0.0271. The number of benzene rings is 1. The van der Waals surface area contributed by atoms with Gasteiger partial charge in [-0.15, -0.1) is 24.5 Å². The van der Waals surface area contributed by atoms with Crippen LogP contribution in [0.5, 0.6) is 11.5 Å². The van der Waals surface area contributed by atoms with Crippen molar-refractivity contribution in [3.8, 4) is 11.5 Å². The predicted molar refractivity (Wildman–Crippen MR) is 131 cm³/mol. The first-order valence-electron chi connectivity index (χ1n) is 12.1. The predicted octanol–water partition coefficient (Wildman–Crippen LogP) is 5.14. The van der Waals surface area contributed by atoms with Crippen LogP contribution < -0.4 is 14.8 Å². The normalized spacial score (nSPS) is 19.8. The molecule has 2 unspecified atom stereocenters. The van der Waals surface area contributed by atoms with Crippen molar-refractivity contribution in [3.63, 3.8) is 0 Å². The fraction of sp³-hybridized carbons (Fsp3) is 0.560. The highest BCUT2D eigenvalue weighted by Gasteiger charge is 2.46. The lowest BCUT2D eigenvalue weighted by Gasteiger charge is -2.36. The number of amides is 2. The fourth-order valence-corrected chi connectivity index (χ4v) is 4.67. The van der Waals surface area contributed by atoms with Crippen molar-refractivity contribution in [1.29, 1.82) is 0 Å². The number of nitrogens with one attached hydrogen (secondary N) is 1. The zero-order valence-corrected chi connectivity index (χ0v) is 22.1. The van der Waals surface area contributed by atoms with Crippen LogP contribution in [0.15, 0.2) is 29.6 Å². The van der Waals surface area contributed by atoms with Gasteiger partial charge in [-0.05, 0) is 56.4 Å². The van der Waals surface area contributed by atoms with Crippen LogP contribution in [0.4, 0.5) is 13.2 Å². The molecule has 1 aromatic carbocycles. The van der Waals surface area contributed by atoms with E-state index < -0.39 is 18.0 Å². The molecule has 12 heteroatoms. The number of thiazole rings is 1. The molecule has 37 heavy (non-hydrogen) atoms. The molecule has 3 rings (SSSR count). The molecule has 2 aromatic rings. The fourth-order valence-electron chi connectivity index (χ4n) is 3.96. The third-order valence-electron chi connectivity index (χ3n) is 5.97. The van der Waals surface area contributed by atoms with Gasteiger partial charge in [0.25, 0.3) is 11.8 Å². The number of aromatic nitrogens is 1. The number of hydrogen-bond acceptors (Lipinski definition) is 7. The number of hydrogen-bond donors (Lipinski definition) is 1. The van der Waals surface area contributed by atoms with Gasteiger partial charge in [0.2, 0.25) is 0 Å². The molecular formula is C25H32F3N3O5S. The van der Waals surface area contributed by atoms with Gasteiger partial charge < -0.3 is 24.4 Å². The third-order valence-corrected chi connectivity index (χ3v) is 6.82. The van der Waals surface area contributed by atoms with E-state index in [9.17, 15) is 22.8 Å². The summed E-state index contributed by atoms with van der Waals surface area (Å²) in [5.74, 6) is -0.320. The summed E-state index contributed by atoms with van der Waals surface area (Å²) in [5, 5.41) is 4.90. The number of ether oxygens (including phenoxy) is 3. The standard InChI is InChI=1S/C25H32F3N3O5S/c1-5-17-13-35-24(4,11-10-16(2)3)31(17)23(33)20-15-37-22(30-20)12-29-21(32)14-34-18-6-8-19(9-7-18)36-25(26,27)28/h6-9,15-17H,5,10-14H2,1-4H3,(H,29,32). The second-order valence-corrected chi connectivity index (χ2v) is 10.3. The average Bonchev–Trinajstić information content (AvgIpc) is 3.44. The molecule has 2 heterocycles. The van der Waals surface area contributed by atoms with Gasteiger partial charge in [-0.1, -0.05) is 20.8 Å². The van der Waals surface area contributed by atoms with E-state index in [1.165, 1.54) is 23.5 Å². The molecule has 1 aromatic heterocycles. The largest absolute Gasteiger partial charge is 0.573 e. The summed E-state index contributed by atoms with van der Waals surface area (Å²) in [4.78, 5) is 31.8. The Balaban J connectivity index is 1.52. The average molecular weight is 544 g/mol. The maximum atomic E-state index is 13.4. The summed E-state index contributed by atoms with van der Waals surface area (Å²) in [7, 11) is 0. The summed E-state index contributed by atoms with van der Waals surface area (Å²) < 4.78 is 51.9. The summed E-state index contributed by atoms with van der Waals surface area (Å²) in [5.41, 5.74) is -0.375. The zero-order chi connectivity index (χ0) is 27.2. The number of carbonyl (C=O) groups excluding carboxylic acids is 2. The van der Waals surface area contributed by atoms with Gasteiger partial charge in [0.05, 0.1) is 19.2 Å². The molecule has 204 valence electrons. The van der Waals surface area contributed by atoms with Gasteiger partial charge in [0, 0.05) is 5.38 Å². The van der Waals surface area contributed by atoms with Crippen LogP contribution >= 0.6 is 11.3 Å². The van der Waals surface area contributed by atoms with Crippen molar-refractivity contribution in [1.82, 2.24) is 15.2 Å². The molecule has 1 saturated heterocycles. The van der Waals surface area contributed by atoms with E-state index >= 15 is 0 Å². The van der Waals surface area contributed by atoms with Gasteiger partial charge in [0.15, 0.2) is 6.61 Å². The highest BCUT2D eigenvalue weighted by molar-refractivity contribution is 7.09. The molecular weight excluding hydrogens is 511 g/mol. The second kappa shape index (κ2) is 12.1. The highest BCUT2D eigenvalue weighted by atomic mass is 32.1. The molecule has 0 aliphatic carbocycles. The van der Waals surface area contributed by atoms with Gasteiger partial charge in [-0.25, -0.2) is 4.98 Å². The minimum atomic E-state index is -4.78. The highest BCUT2D eigenvalue weighted by Crippen LogP contribution is 2.35. The number of halogens is 3. The van der Waals surface area contributed by atoms with Crippen LogP contribution in [-0.4, -0.2) is 53.0 Å². The van der Waals surface area contributed by atoms with E-state index in [0.29, 0.717) is 23.2 Å². The first kappa shape index (κ1) is 28.7. The first-order valence-corrected chi connectivity index (χ1v) is 13.0. The van der Waals surface area contributed by atoms with Crippen LogP contribution in [0.25, 0.3) is 0 Å². The van der Waals surface area contributed by atoms with Crippen LogP contribution in [0, 0.1) is 5.92 Å². The quantitative estimate of drug-likeness (QED) is 0.422. The van der Waals surface area contributed by atoms with Crippen LogP contribution in [0.1, 0.15) is 62.5 Å². The van der Waals surface area contributed by atoms with Gasteiger partial charge in [-0.2, -0.15) is 0 Å². The summed E-state index contributed by atoms with van der Waals surface area (Å²) in [6.07, 6.45) is -2.35. The van der Waals surface area contributed by atoms with E-state index in [1.54, 1.807) is 5.38 Å². The molecule has 0 radical (unpaired) electrons. The Morgan fingerprint density at radius 3 is 2.57 bits per heavy atom. The minimum Gasteiger partial charge on any atom is -0.484 e. The second-order valence-electron chi connectivity index (χ2n) is 9.37. The van der Waals surface area contributed by atoms with E-state index in [4.69, 9.17) is 9.47 Å². The van der Waals surface area contributed by atoms with Crippen LogP contribution in [-0.2, 0) is 16.1 Å². The molecule has 1 aliphatic rings. The van der Waals surface area contributed by atoms with Crippen molar-refractivity contribution < 1.29 is 37.0 Å². The number of nitrogens with zero attached hydrogens (tertiary/aromatic N) is 2. The monoisotopic (exact) mass is 543 g/mol. The zero-order valence-electron chi connectivity index (χ0n) is 21.3. The van der Waals surface area contributed by atoms with Crippen molar-refractivity contribution in [2.45, 2.75) is 71.6 Å². The molecule has 1 fully saturated rings. The molecule has 2 atom stereocenters. The van der Waals surface area contributed by atoms with Crippen molar-refractivity contribution in [3.05, 3.63) is 40.3 Å². The SMILES string of the molecule is CCC1COC(C)(CCC(C)C)N1C(=O)c1csc(CNC(=O)COc2ccc(OC(F)(F)F)cc2)n1. The van der Waals surface area contributed by atoms with E-state index in [0.717, 1.165) is 31.4 Å². The Bertz CT molecular complexity index is 1060. The van der Waals surface area contributed by atoms with Crippen LogP contribution in [0.2, 0.25) is 0 Å². The van der Waals surface area contributed by atoms with Gasteiger partial charge in [-0.3, -0.25) is 9.59 Å². The Kier molecular flexibility index (Phi) is 9.41. The van der Waals surface area contributed by atoms with Crippen molar-refractivity contribution >= 4 is 23.2 Å². The Labute approximate surface area is 218 Å². The van der Waals surface area contributed by atoms with E-state index in [-0.39, 0.29) is 36.6 Å². The molecule has 1 aliphatic heterocycles. The van der Waals surface area contributed by atoms with Gasteiger partial charge in [0.1, 0.15) is 27.9 Å². The topological polar surface area (TPSA) is 90.0 Å². The Morgan fingerprint density at radius 1 is 1.27 bits per heavy atom. The lowest BCUT2D eigenvalue weighted by atomic mass is 9.99. The third kappa shape index (κ3) is 8.06. The van der Waals surface area contributed by atoms with Gasteiger partial charge >= 0.3 is 6.36 Å². The maximum Gasteiger partial charge on any atom is 0.573 e. The Morgan fingerprint density at radius 2 is 1.95 bits per heavy atom.